The molecule has 0 aliphatic carbocycles. The van der Waals surface area contributed by atoms with Crippen LogP contribution in [0.4, 0.5) is 4.79 Å². The van der Waals surface area contributed by atoms with Crippen molar-refractivity contribution in [3.63, 3.8) is 0 Å². The first-order valence-electron chi connectivity index (χ1n) is 7.36. The molecule has 2 N–H and O–H groups in total. The number of hydrogen-bond acceptors (Lipinski definition) is 5. The number of carboxylic acids is 1. The second-order valence-electron chi connectivity index (χ2n) is 5.69. The molecule has 3 amide bonds. The van der Waals surface area contributed by atoms with Gasteiger partial charge in [-0.2, -0.15) is 5.12 Å². The van der Waals surface area contributed by atoms with Crippen LogP contribution in [0.2, 0.25) is 0 Å². The fourth-order valence-electron chi connectivity index (χ4n) is 1.51. The molecule has 0 fully saturated rings. The van der Waals surface area contributed by atoms with Crippen molar-refractivity contribution in [2.75, 3.05) is 6.54 Å². The van der Waals surface area contributed by atoms with Crippen molar-refractivity contribution in [1.82, 2.24) is 15.6 Å². The van der Waals surface area contributed by atoms with Crippen molar-refractivity contribution in [2.45, 2.75) is 59.5 Å². The molecule has 0 atom stereocenters. The van der Waals surface area contributed by atoms with Gasteiger partial charge in [-0.3, -0.25) is 14.4 Å². The number of hydrazine groups is 2. The van der Waals surface area contributed by atoms with E-state index >= 15 is 0 Å². The van der Waals surface area contributed by atoms with Gasteiger partial charge in [-0.15, -0.1) is 0 Å². The molecule has 0 aromatic heterocycles. The first kappa shape index (κ1) is 20.7. The molecule has 0 radical (unpaired) electrons. The number of nitrogens with zero attached hydrogens (tertiary/aromatic N) is 2. The zero-order chi connectivity index (χ0) is 18.2. The Hall–Kier alpha value is -2.32. The molecule has 0 bridgehead atoms. The zero-order valence-electron chi connectivity index (χ0n) is 14.2. The van der Waals surface area contributed by atoms with Crippen molar-refractivity contribution in [3.05, 3.63) is 0 Å². The maximum absolute atomic E-state index is 12.0. The summed E-state index contributed by atoms with van der Waals surface area (Å²) in [4.78, 5) is 46.6. The second-order valence-corrected chi connectivity index (χ2v) is 5.69. The quantitative estimate of drug-likeness (QED) is 0.733. The lowest BCUT2D eigenvalue weighted by Crippen LogP contribution is -2.59. The van der Waals surface area contributed by atoms with Crippen LogP contribution in [0.15, 0.2) is 0 Å². The Morgan fingerprint density at radius 1 is 1.04 bits per heavy atom. The van der Waals surface area contributed by atoms with Crippen molar-refractivity contribution in [1.29, 1.82) is 0 Å². The molecule has 0 aliphatic heterocycles. The summed E-state index contributed by atoms with van der Waals surface area (Å²) in [7, 11) is 0. The molecule has 132 valence electrons. The van der Waals surface area contributed by atoms with E-state index in [1.165, 1.54) is 0 Å². The van der Waals surface area contributed by atoms with Crippen LogP contribution >= 0.6 is 0 Å². The molecule has 0 aromatic carbocycles. The number of hydrogen-bond donors (Lipinski definition) is 2. The van der Waals surface area contributed by atoms with Crippen molar-refractivity contribution in [2.24, 2.45) is 0 Å². The topological polar surface area (TPSA) is 116 Å². The van der Waals surface area contributed by atoms with Gasteiger partial charge in [0.05, 0.1) is 13.0 Å². The Morgan fingerprint density at radius 2 is 1.57 bits per heavy atom. The van der Waals surface area contributed by atoms with Gasteiger partial charge in [0.25, 0.3) is 5.91 Å². The number of carboxylic acid groups (broad SMARTS) is 1. The Labute approximate surface area is 135 Å². The van der Waals surface area contributed by atoms with E-state index in [0.29, 0.717) is 0 Å². The van der Waals surface area contributed by atoms with Gasteiger partial charge in [-0.1, -0.05) is 13.8 Å². The third kappa shape index (κ3) is 8.03. The molecule has 0 heterocycles. The summed E-state index contributed by atoms with van der Waals surface area (Å²) >= 11 is 0. The average Bonchev–Trinajstić information content (AvgIpc) is 2.42. The van der Waals surface area contributed by atoms with Crippen LogP contribution in [0, 0.1) is 0 Å². The highest BCUT2D eigenvalue weighted by Gasteiger charge is 2.28. The van der Waals surface area contributed by atoms with Crippen molar-refractivity contribution < 1.29 is 29.0 Å². The predicted octanol–water partition coefficient (Wildman–Crippen LogP) is 1.29. The molecule has 0 saturated heterocycles. The van der Waals surface area contributed by atoms with Gasteiger partial charge in [0.1, 0.15) is 5.60 Å². The fourth-order valence-corrected chi connectivity index (χ4v) is 1.51. The summed E-state index contributed by atoms with van der Waals surface area (Å²) in [5.74, 6) is -2.19. The molecular formula is C14H25N3O6. The lowest BCUT2D eigenvalue weighted by Gasteiger charge is -2.34. The van der Waals surface area contributed by atoms with Crippen LogP contribution < -0.4 is 5.43 Å². The van der Waals surface area contributed by atoms with E-state index in [4.69, 9.17) is 9.84 Å². The van der Waals surface area contributed by atoms with Gasteiger partial charge < -0.3 is 9.84 Å². The molecule has 0 saturated carbocycles. The van der Waals surface area contributed by atoms with Crippen LogP contribution in [0.3, 0.4) is 0 Å². The van der Waals surface area contributed by atoms with Gasteiger partial charge in [0, 0.05) is 12.8 Å². The summed E-state index contributed by atoms with van der Waals surface area (Å²) in [6.07, 6.45) is -1.22. The monoisotopic (exact) mass is 331 g/mol. The van der Waals surface area contributed by atoms with Gasteiger partial charge in [0.2, 0.25) is 5.91 Å². The maximum Gasteiger partial charge on any atom is 0.428 e. The van der Waals surface area contributed by atoms with E-state index in [1.807, 2.05) is 0 Å². The highest BCUT2D eigenvalue weighted by molar-refractivity contribution is 5.84. The summed E-state index contributed by atoms with van der Waals surface area (Å²) in [6, 6.07) is 0. The Morgan fingerprint density at radius 3 is 1.96 bits per heavy atom. The molecule has 0 aliphatic rings. The summed E-state index contributed by atoms with van der Waals surface area (Å²) in [5, 5.41) is 10.4. The first-order chi connectivity index (χ1) is 10.5. The lowest BCUT2D eigenvalue weighted by atomic mass is 10.2. The normalized spacial score (nSPS) is 10.7. The lowest BCUT2D eigenvalue weighted by molar-refractivity contribution is -0.171. The number of ether oxygens (including phenoxy) is 1. The van der Waals surface area contributed by atoms with Crippen LogP contribution in [-0.4, -0.2) is 51.3 Å². The van der Waals surface area contributed by atoms with E-state index < -0.39 is 29.5 Å². The molecule has 0 rings (SSSR count). The van der Waals surface area contributed by atoms with Crippen LogP contribution in [-0.2, 0) is 19.1 Å². The zero-order valence-corrected chi connectivity index (χ0v) is 14.2. The molecule has 0 aromatic rings. The van der Waals surface area contributed by atoms with E-state index in [0.717, 1.165) is 10.1 Å². The largest absolute Gasteiger partial charge is 0.481 e. The first-order valence-corrected chi connectivity index (χ1v) is 7.36. The number of nitrogens with one attached hydrogen (secondary N) is 1. The number of rotatable bonds is 5. The van der Waals surface area contributed by atoms with Crippen molar-refractivity contribution >= 4 is 23.9 Å². The third-order valence-electron chi connectivity index (χ3n) is 2.50. The third-order valence-corrected chi connectivity index (χ3v) is 2.50. The van der Waals surface area contributed by atoms with Crippen molar-refractivity contribution in [3.8, 4) is 0 Å². The van der Waals surface area contributed by atoms with Crippen LogP contribution in [0.1, 0.15) is 53.9 Å². The van der Waals surface area contributed by atoms with Gasteiger partial charge in [-0.25, -0.2) is 15.2 Å². The predicted molar refractivity (Wildman–Crippen MR) is 80.8 cm³/mol. The van der Waals surface area contributed by atoms with Crippen LogP contribution in [0.5, 0.6) is 0 Å². The number of amides is 3. The van der Waals surface area contributed by atoms with E-state index in [1.54, 1.807) is 34.6 Å². The SMILES string of the molecule is CCC(=O)N(CCC(=O)O)N(NC(=O)OC(C)(C)C)C(=O)CC. The Balaban J connectivity index is 5.27. The molecule has 9 nitrogen and oxygen atoms in total. The van der Waals surface area contributed by atoms with Gasteiger partial charge in [0.15, 0.2) is 0 Å². The van der Waals surface area contributed by atoms with Crippen LogP contribution in [0.25, 0.3) is 0 Å². The highest BCUT2D eigenvalue weighted by Crippen LogP contribution is 2.09. The van der Waals surface area contributed by atoms with Gasteiger partial charge >= 0.3 is 12.1 Å². The van der Waals surface area contributed by atoms with E-state index in [9.17, 15) is 19.2 Å². The molecule has 0 spiro atoms. The molecule has 23 heavy (non-hydrogen) atoms. The van der Waals surface area contributed by atoms with E-state index in [-0.39, 0.29) is 25.8 Å². The minimum absolute atomic E-state index is 0.0103. The minimum atomic E-state index is -1.12. The fraction of sp³-hybridized carbons (Fsp3) is 0.714. The minimum Gasteiger partial charge on any atom is -0.481 e. The number of carbonyl (C=O) groups excluding carboxylic acids is 3. The Bertz CT molecular complexity index is 458. The smallest absolute Gasteiger partial charge is 0.428 e. The molecular weight excluding hydrogens is 306 g/mol. The summed E-state index contributed by atoms with van der Waals surface area (Å²) in [6.45, 7) is 7.83. The average molecular weight is 331 g/mol. The maximum atomic E-state index is 12.0. The summed E-state index contributed by atoms with van der Waals surface area (Å²) < 4.78 is 5.05. The molecule has 9 heteroatoms. The Kier molecular flexibility index (Phi) is 8.06. The second kappa shape index (κ2) is 8.96. The standard InChI is InChI=1S/C14H25N3O6/c1-6-10(18)16(9-8-12(20)21)17(11(19)7-2)15-13(22)23-14(3,4)5/h6-9H2,1-5H3,(H,15,22)(H,20,21). The summed E-state index contributed by atoms with van der Waals surface area (Å²) in [5.41, 5.74) is 1.41. The van der Waals surface area contributed by atoms with Gasteiger partial charge in [-0.05, 0) is 20.8 Å². The molecule has 0 unspecified atom stereocenters. The van der Waals surface area contributed by atoms with E-state index in [2.05, 4.69) is 5.43 Å². The highest BCUT2D eigenvalue weighted by atomic mass is 16.6. The number of carbonyl (C=O) groups is 4. The number of aliphatic carboxylic acids is 1.